The molecule has 2 heterocycles. The summed E-state index contributed by atoms with van der Waals surface area (Å²) in [6.07, 6.45) is -12.2. The molecule has 0 saturated carbocycles. The maximum Gasteiger partial charge on any atom is 0.186 e. The van der Waals surface area contributed by atoms with Crippen LogP contribution in [0.5, 0.6) is 0 Å². The van der Waals surface area contributed by atoms with E-state index in [4.69, 9.17) is 18.9 Å². The van der Waals surface area contributed by atoms with Crippen molar-refractivity contribution in [2.75, 3.05) is 20.3 Å². The van der Waals surface area contributed by atoms with Crippen molar-refractivity contribution in [2.24, 2.45) is 0 Å². The zero-order valence-electron chi connectivity index (χ0n) is 13.5. The molecule has 6 unspecified atom stereocenters. The summed E-state index contributed by atoms with van der Waals surface area (Å²) >= 11 is 0. The third-order valence-corrected chi connectivity index (χ3v) is 4.38. The Bertz CT molecular complexity index is 396. The molecule has 0 radical (unpaired) electrons. The number of ether oxygens (including phenoxy) is 4. The first kappa shape index (κ1) is 19.9. The van der Waals surface area contributed by atoms with Gasteiger partial charge in [-0.25, -0.2) is 0 Å². The first-order chi connectivity index (χ1) is 11.3. The van der Waals surface area contributed by atoms with Crippen molar-refractivity contribution in [3.63, 3.8) is 0 Å². The first-order valence-electron chi connectivity index (χ1n) is 7.77. The third kappa shape index (κ3) is 4.05. The molecular formula is C14H26O10. The minimum atomic E-state index is -1.51. The highest BCUT2D eigenvalue weighted by molar-refractivity contribution is 4.92. The van der Waals surface area contributed by atoms with Crippen LogP contribution in [-0.4, -0.2) is 112 Å². The maximum atomic E-state index is 9.94. The van der Waals surface area contributed by atoms with Crippen LogP contribution in [0.4, 0.5) is 0 Å². The Morgan fingerprint density at radius 2 is 1.25 bits per heavy atom. The van der Waals surface area contributed by atoms with Crippen LogP contribution in [-0.2, 0) is 18.9 Å². The molecule has 142 valence electrons. The van der Waals surface area contributed by atoms with Gasteiger partial charge in [-0.3, -0.25) is 0 Å². The number of hydrogen-bond acceptors (Lipinski definition) is 10. The highest BCUT2D eigenvalue weighted by atomic mass is 16.7. The quantitative estimate of drug-likeness (QED) is 0.290. The molecule has 0 aromatic rings. The van der Waals surface area contributed by atoms with E-state index in [1.807, 2.05) is 0 Å². The summed E-state index contributed by atoms with van der Waals surface area (Å²) < 4.78 is 21.0. The van der Waals surface area contributed by atoms with E-state index in [1.165, 1.54) is 14.0 Å². The van der Waals surface area contributed by atoms with Gasteiger partial charge >= 0.3 is 0 Å². The molecule has 2 rings (SSSR count). The number of rotatable bonds is 5. The van der Waals surface area contributed by atoms with Gasteiger partial charge in [0.15, 0.2) is 6.29 Å². The molecule has 10 nitrogen and oxygen atoms in total. The molecule has 0 aliphatic carbocycles. The van der Waals surface area contributed by atoms with Crippen molar-refractivity contribution in [1.82, 2.24) is 0 Å². The zero-order chi connectivity index (χ0) is 18.0. The molecule has 24 heavy (non-hydrogen) atoms. The minimum absolute atomic E-state index is 0.0186. The van der Waals surface area contributed by atoms with E-state index in [0.717, 1.165) is 0 Å². The minimum Gasteiger partial charge on any atom is -0.388 e. The van der Waals surface area contributed by atoms with Crippen LogP contribution in [0.15, 0.2) is 0 Å². The molecule has 0 spiro atoms. The Labute approximate surface area is 139 Å². The Kier molecular flexibility index (Phi) is 6.90. The molecule has 0 bridgehead atoms. The standard InChI is InChI=1S/C14H26O10/c1-5-8(15)11(18)10(17)7(23-5)4-22-14-13(20)12(19)9(16)6(24-14)3-21-2/h5-20H,3-4H2,1-2H3/t5?,6?,7?,8?,9-,10-,11?,12?,13-,14+/m1/s1. The Hall–Kier alpha value is -0.400. The summed E-state index contributed by atoms with van der Waals surface area (Å²) in [6.45, 7) is 1.25. The second-order valence-corrected chi connectivity index (χ2v) is 6.15. The lowest BCUT2D eigenvalue weighted by atomic mass is 9.96. The Morgan fingerprint density at radius 1 is 0.708 bits per heavy atom. The van der Waals surface area contributed by atoms with E-state index < -0.39 is 61.2 Å². The summed E-state index contributed by atoms with van der Waals surface area (Å²) in [6, 6.07) is 0. The van der Waals surface area contributed by atoms with Crippen molar-refractivity contribution in [1.29, 1.82) is 0 Å². The number of aliphatic hydroxyl groups is 6. The predicted octanol–water partition coefficient (Wildman–Crippen LogP) is -3.67. The van der Waals surface area contributed by atoms with Crippen LogP contribution < -0.4 is 0 Å². The lowest BCUT2D eigenvalue weighted by Gasteiger charge is -2.42. The fourth-order valence-electron chi connectivity index (χ4n) is 2.82. The van der Waals surface area contributed by atoms with Gasteiger partial charge in [0, 0.05) is 7.11 Å². The van der Waals surface area contributed by atoms with E-state index >= 15 is 0 Å². The van der Waals surface area contributed by atoms with Gasteiger partial charge < -0.3 is 49.6 Å². The fourth-order valence-corrected chi connectivity index (χ4v) is 2.82. The molecule has 2 fully saturated rings. The van der Waals surface area contributed by atoms with Gasteiger partial charge in [0.1, 0.15) is 48.8 Å². The summed E-state index contributed by atoms with van der Waals surface area (Å²) in [4.78, 5) is 0. The van der Waals surface area contributed by atoms with Crippen molar-refractivity contribution in [3.8, 4) is 0 Å². The molecule has 10 atom stereocenters. The molecular weight excluding hydrogens is 328 g/mol. The van der Waals surface area contributed by atoms with Crippen LogP contribution in [0.2, 0.25) is 0 Å². The van der Waals surface area contributed by atoms with E-state index in [9.17, 15) is 30.6 Å². The maximum absolute atomic E-state index is 9.94. The van der Waals surface area contributed by atoms with E-state index in [2.05, 4.69) is 0 Å². The molecule has 6 N–H and O–H groups in total. The summed E-state index contributed by atoms with van der Waals surface area (Å²) in [5, 5.41) is 58.9. The molecule has 10 heteroatoms. The summed E-state index contributed by atoms with van der Waals surface area (Å²) in [5.74, 6) is 0. The topological polar surface area (TPSA) is 158 Å². The largest absolute Gasteiger partial charge is 0.388 e. The molecule has 2 aliphatic heterocycles. The van der Waals surface area contributed by atoms with E-state index in [1.54, 1.807) is 0 Å². The predicted molar refractivity (Wildman–Crippen MR) is 76.9 cm³/mol. The SMILES string of the molecule is COCC1O[C@H](OCC2OC(C)C(O)C(O)[C@@H]2O)[C@H](O)C(O)[C@@H]1O. The first-order valence-corrected chi connectivity index (χ1v) is 7.77. The van der Waals surface area contributed by atoms with Crippen LogP contribution in [0, 0.1) is 0 Å². The van der Waals surface area contributed by atoms with E-state index in [0.29, 0.717) is 0 Å². The average molecular weight is 354 g/mol. The highest BCUT2D eigenvalue weighted by Crippen LogP contribution is 2.25. The average Bonchev–Trinajstić information content (AvgIpc) is 2.56. The number of hydrogen-bond donors (Lipinski definition) is 6. The van der Waals surface area contributed by atoms with Gasteiger partial charge in [-0.15, -0.1) is 0 Å². The molecule has 0 aromatic heterocycles. The van der Waals surface area contributed by atoms with Crippen molar-refractivity contribution < 1.29 is 49.6 Å². The normalized spacial score (nSPS) is 50.0. The molecule has 2 saturated heterocycles. The second kappa shape index (κ2) is 8.32. The third-order valence-electron chi connectivity index (χ3n) is 4.38. The van der Waals surface area contributed by atoms with Gasteiger partial charge in [-0.1, -0.05) is 0 Å². The second-order valence-electron chi connectivity index (χ2n) is 6.15. The number of methoxy groups -OCH3 is 1. The van der Waals surface area contributed by atoms with Gasteiger partial charge in [0.2, 0.25) is 0 Å². The van der Waals surface area contributed by atoms with Gasteiger partial charge in [-0.05, 0) is 6.92 Å². The van der Waals surface area contributed by atoms with Gasteiger partial charge in [0.05, 0.1) is 19.3 Å². The van der Waals surface area contributed by atoms with Crippen LogP contribution in [0.3, 0.4) is 0 Å². The van der Waals surface area contributed by atoms with Crippen molar-refractivity contribution in [2.45, 2.75) is 68.1 Å². The van der Waals surface area contributed by atoms with Crippen molar-refractivity contribution in [3.05, 3.63) is 0 Å². The Balaban J connectivity index is 1.94. The zero-order valence-corrected chi connectivity index (χ0v) is 13.5. The van der Waals surface area contributed by atoms with Crippen molar-refractivity contribution >= 4 is 0 Å². The lowest BCUT2D eigenvalue weighted by molar-refractivity contribution is -0.314. The molecule has 0 aromatic carbocycles. The molecule has 2 aliphatic rings. The fraction of sp³-hybridized carbons (Fsp3) is 1.00. The van der Waals surface area contributed by atoms with Crippen LogP contribution >= 0.6 is 0 Å². The Morgan fingerprint density at radius 3 is 1.83 bits per heavy atom. The monoisotopic (exact) mass is 354 g/mol. The number of aliphatic hydroxyl groups excluding tert-OH is 6. The smallest absolute Gasteiger partial charge is 0.186 e. The van der Waals surface area contributed by atoms with Gasteiger partial charge in [-0.2, -0.15) is 0 Å². The van der Waals surface area contributed by atoms with Crippen LogP contribution in [0.1, 0.15) is 6.92 Å². The van der Waals surface area contributed by atoms with Crippen LogP contribution in [0.25, 0.3) is 0 Å². The van der Waals surface area contributed by atoms with Gasteiger partial charge in [0.25, 0.3) is 0 Å². The lowest BCUT2D eigenvalue weighted by Crippen LogP contribution is -2.61. The molecule has 0 amide bonds. The summed E-state index contributed by atoms with van der Waals surface area (Å²) in [5.41, 5.74) is 0. The highest BCUT2D eigenvalue weighted by Gasteiger charge is 2.46. The van der Waals surface area contributed by atoms with E-state index in [-0.39, 0.29) is 13.2 Å². The summed E-state index contributed by atoms with van der Waals surface area (Å²) in [7, 11) is 1.39.